The fourth-order valence-electron chi connectivity index (χ4n) is 1.81. The van der Waals surface area contributed by atoms with Crippen LogP contribution in [0.2, 0.25) is 0 Å². The summed E-state index contributed by atoms with van der Waals surface area (Å²) < 4.78 is 14.2. The topological polar surface area (TPSA) is 45.8 Å². The van der Waals surface area contributed by atoms with Crippen molar-refractivity contribution >= 4 is 22.6 Å². The van der Waals surface area contributed by atoms with Gasteiger partial charge in [-0.15, -0.1) is 0 Å². The molecule has 2 aromatic rings. The van der Waals surface area contributed by atoms with Gasteiger partial charge in [-0.2, -0.15) is 0 Å². The van der Waals surface area contributed by atoms with E-state index in [0.29, 0.717) is 21.4 Å². The van der Waals surface area contributed by atoms with Gasteiger partial charge in [-0.1, -0.05) is 32.0 Å². The molecular formula is C14H14FIN2O. The molecule has 5 heteroatoms. The van der Waals surface area contributed by atoms with E-state index in [2.05, 4.69) is 9.97 Å². The molecule has 1 heterocycles. The van der Waals surface area contributed by atoms with Crippen LogP contribution < -0.4 is 5.56 Å². The molecule has 0 atom stereocenters. The van der Waals surface area contributed by atoms with Crippen molar-refractivity contribution in [1.82, 2.24) is 9.97 Å². The van der Waals surface area contributed by atoms with Gasteiger partial charge in [0.15, 0.2) is 0 Å². The highest BCUT2D eigenvalue weighted by molar-refractivity contribution is 14.1. The summed E-state index contributed by atoms with van der Waals surface area (Å²) in [5.41, 5.74) is 1.13. The van der Waals surface area contributed by atoms with E-state index >= 15 is 0 Å². The minimum Gasteiger partial charge on any atom is -0.309 e. The zero-order chi connectivity index (χ0) is 14.0. The number of rotatable bonds is 3. The van der Waals surface area contributed by atoms with Crippen LogP contribution in [0.3, 0.4) is 0 Å². The molecule has 0 aliphatic carbocycles. The summed E-state index contributed by atoms with van der Waals surface area (Å²) in [6, 6.07) is 6.51. The highest BCUT2D eigenvalue weighted by Gasteiger charge is 2.13. The molecule has 2 rings (SSSR count). The number of benzene rings is 1. The van der Waals surface area contributed by atoms with E-state index in [1.807, 2.05) is 36.4 Å². The average molecular weight is 372 g/mol. The molecule has 0 spiro atoms. The Morgan fingerprint density at radius 1 is 1.37 bits per heavy atom. The van der Waals surface area contributed by atoms with E-state index in [4.69, 9.17) is 0 Å². The van der Waals surface area contributed by atoms with Crippen molar-refractivity contribution < 1.29 is 4.39 Å². The van der Waals surface area contributed by atoms with Crippen molar-refractivity contribution in [1.29, 1.82) is 0 Å². The summed E-state index contributed by atoms with van der Waals surface area (Å²) in [6.07, 6.45) is 0.290. The van der Waals surface area contributed by atoms with Gasteiger partial charge in [0.25, 0.3) is 5.56 Å². The quantitative estimate of drug-likeness (QED) is 0.841. The highest BCUT2D eigenvalue weighted by atomic mass is 127. The maximum Gasteiger partial charge on any atom is 0.264 e. The third kappa shape index (κ3) is 3.20. The molecule has 0 saturated heterocycles. The number of aromatic amines is 1. The Kier molecular flexibility index (Phi) is 4.34. The normalized spacial score (nSPS) is 11.0. The molecule has 0 amide bonds. The summed E-state index contributed by atoms with van der Waals surface area (Å²) in [5.74, 6) is 0.377. The van der Waals surface area contributed by atoms with Gasteiger partial charge in [0, 0.05) is 6.42 Å². The molecule has 0 saturated carbocycles. The van der Waals surface area contributed by atoms with Gasteiger partial charge in [0.1, 0.15) is 11.6 Å². The van der Waals surface area contributed by atoms with Crippen LogP contribution in [0.1, 0.15) is 36.8 Å². The second-order valence-electron chi connectivity index (χ2n) is 4.63. The highest BCUT2D eigenvalue weighted by Crippen LogP contribution is 2.17. The molecule has 0 unspecified atom stereocenters. The lowest BCUT2D eigenvalue weighted by Crippen LogP contribution is -2.19. The number of aromatic nitrogens is 2. The van der Waals surface area contributed by atoms with Gasteiger partial charge in [0.05, 0.1) is 9.26 Å². The first kappa shape index (κ1) is 14.2. The SMILES string of the molecule is CC(C)c1nc(Cc2ccccc2F)[nH]c(=O)c1I. The summed E-state index contributed by atoms with van der Waals surface area (Å²) in [7, 11) is 0. The first-order chi connectivity index (χ1) is 8.99. The first-order valence-corrected chi connectivity index (χ1v) is 7.09. The summed E-state index contributed by atoms with van der Waals surface area (Å²) in [6.45, 7) is 3.97. The Hall–Kier alpha value is -1.24. The van der Waals surface area contributed by atoms with Gasteiger partial charge in [-0.05, 0) is 40.1 Å². The number of nitrogens with one attached hydrogen (secondary N) is 1. The molecule has 1 N–H and O–H groups in total. The number of H-pyrrole nitrogens is 1. The predicted molar refractivity (Wildman–Crippen MR) is 80.9 cm³/mol. The third-order valence-electron chi connectivity index (χ3n) is 2.80. The molecule has 1 aromatic heterocycles. The largest absolute Gasteiger partial charge is 0.309 e. The van der Waals surface area contributed by atoms with Crippen molar-refractivity contribution in [2.75, 3.05) is 0 Å². The molecule has 0 radical (unpaired) electrons. The Bertz CT molecular complexity index is 652. The number of nitrogens with zero attached hydrogens (tertiary/aromatic N) is 1. The summed E-state index contributed by atoms with van der Waals surface area (Å²) in [4.78, 5) is 19.0. The first-order valence-electron chi connectivity index (χ1n) is 6.01. The molecule has 0 bridgehead atoms. The lowest BCUT2D eigenvalue weighted by atomic mass is 10.1. The Labute approximate surface area is 124 Å². The van der Waals surface area contributed by atoms with Crippen molar-refractivity contribution in [3.8, 4) is 0 Å². The van der Waals surface area contributed by atoms with E-state index in [1.165, 1.54) is 6.07 Å². The van der Waals surface area contributed by atoms with Crippen molar-refractivity contribution in [2.24, 2.45) is 0 Å². The van der Waals surface area contributed by atoms with Crippen LogP contribution in [-0.2, 0) is 6.42 Å². The molecule has 0 fully saturated rings. The smallest absolute Gasteiger partial charge is 0.264 e. The van der Waals surface area contributed by atoms with Gasteiger partial charge in [-0.3, -0.25) is 4.79 Å². The Balaban J connectivity index is 2.42. The van der Waals surface area contributed by atoms with Gasteiger partial charge >= 0.3 is 0 Å². The van der Waals surface area contributed by atoms with Gasteiger partial charge < -0.3 is 4.98 Å². The predicted octanol–water partition coefficient (Wildman–Crippen LogP) is 3.23. The monoisotopic (exact) mass is 372 g/mol. The molecule has 1 aromatic carbocycles. The molecule has 100 valence electrons. The standard InChI is InChI=1S/C14H14FIN2O/c1-8(2)13-12(16)14(19)18-11(17-13)7-9-5-3-4-6-10(9)15/h3-6,8H,7H2,1-2H3,(H,17,18,19). The van der Waals surface area contributed by atoms with Crippen LogP contribution in [0.5, 0.6) is 0 Å². The molecule has 3 nitrogen and oxygen atoms in total. The summed E-state index contributed by atoms with van der Waals surface area (Å²) in [5, 5.41) is 0. The Morgan fingerprint density at radius 2 is 2.05 bits per heavy atom. The van der Waals surface area contributed by atoms with Crippen LogP contribution >= 0.6 is 22.6 Å². The number of hydrogen-bond acceptors (Lipinski definition) is 2. The van der Waals surface area contributed by atoms with E-state index in [1.54, 1.807) is 18.2 Å². The average Bonchev–Trinajstić information content (AvgIpc) is 2.36. The van der Waals surface area contributed by atoms with Crippen LogP contribution in [0.25, 0.3) is 0 Å². The zero-order valence-corrected chi connectivity index (χ0v) is 12.9. The fraction of sp³-hybridized carbons (Fsp3) is 0.286. The lowest BCUT2D eigenvalue weighted by Gasteiger charge is -2.09. The fourth-order valence-corrected chi connectivity index (χ4v) is 2.69. The van der Waals surface area contributed by atoms with Gasteiger partial charge in [0.2, 0.25) is 0 Å². The van der Waals surface area contributed by atoms with E-state index in [-0.39, 0.29) is 17.3 Å². The maximum atomic E-state index is 13.6. The molecule has 0 aliphatic rings. The van der Waals surface area contributed by atoms with Crippen molar-refractivity contribution in [3.05, 3.63) is 61.1 Å². The van der Waals surface area contributed by atoms with Crippen LogP contribution in [0.4, 0.5) is 4.39 Å². The second-order valence-corrected chi connectivity index (χ2v) is 5.71. The Morgan fingerprint density at radius 3 is 2.68 bits per heavy atom. The molecule has 0 aliphatic heterocycles. The lowest BCUT2D eigenvalue weighted by molar-refractivity contribution is 0.611. The van der Waals surface area contributed by atoms with Crippen molar-refractivity contribution in [2.45, 2.75) is 26.2 Å². The number of halogens is 2. The minimum atomic E-state index is -0.283. The van der Waals surface area contributed by atoms with Crippen LogP contribution in [0.15, 0.2) is 29.1 Å². The molecular weight excluding hydrogens is 358 g/mol. The van der Waals surface area contributed by atoms with Crippen molar-refractivity contribution in [3.63, 3.8) is 0 Å². The minimum absolute atomic E-state index is 0.161. The van der Waals surface area contributed by atoms with Crippen LogP contribution in [-0.4, -0.2) is 9.97 Å². The maximum absolute atomic E-state index is 13.6. The van der Waals surface area contributed by atoms with E-state index in [0.717, 1.165) is 5.69 Å². The van der Waals surface area contributed by atoms with Gasteiger partial charge in [-0.25, -0.2) is 9.37 Å². The second kappa shape index (κ2) is 5.81. The van der Waals surface area contributed by atoms with E-state index in [9.17, 15) is 9.18 Å². The summed E-state index contributed by atoms with van der Waals surface area (Å²) >= 11 is 1.99. The van der Waals surface area contributed by atoms with E-state index < -0.39 is 0 Å². The zero-order valence-electron chi connectivity index (χ0n) is 10.7. The van der Waals surface area contributed by atoms with Crippen LogP contribution in [0, 0.1) is 9.39 Å². The number of hydrogen-bond donors (Lipinski definition) is 1. The third-order valence-corrected chi connectivity index (χ3v) is 3.84. The molecule has 19 heavy (non-hydrogen) atoms.